The third-order valence-corrected chi connectivity index (χ3v) is 4.07. The fourth-order valence-electron chi connectivity index (χ4n) is 2.61. The third-order valence-electron chi connectivity index (χ3n) is 4.07. The van der Waals surface area contributed by atoms with Crippen molar-refractivity contribution < 1.29 is 0 Å². The highest BCUT2D eigenvalue weighted by atomic mass is 15.2. The summed E-state index contributed by atoms with van der Waals surface area (Å²) in [5.74, 6) is 0.779. The predicted molar refractivity (Wildman–Crippen MR) is 74.5 cm³/mol. The topological polar surface area (TPSA) is 33.1 Å². The van der Waals surface area contributed by atoms with Gasteiger partial charge in [-0.15, -0.1) is 0 Å². The molecule has 18 heavy (non-hydrogen) atoms. The molecule has 4 heteroatoms. The molecule has 0 radical (unpaired) electrons. The number of nitrogens with zero attached hydrogens (tertiary/aromatic N) is 3. The van der Waals surface area contributed by atoms with E-state index >= 15 is 0 Å². The van der Waals surface area contributed by atoms with Crippen LogP contribution < -0.4 is 5.32 Å². The van der Waals surface area contributed by atoms with Crippen LogP contribution in [-0.2, 0) is 6.54 Å². The first kappa shape index (κ1) is 13.6. The van der Waals surface area contributed by atoms with E-state index in [4.69, 9.17) is 0 Å². The van der Waals surface area contributed by atoms with Crippen LogP contribution in [-0.4, -0.2) is 46.7 Å². The van der Waals surface area contributed by atoms with Crippen LogP contribution in [0.15, 0.2) is 18.7 Å². The lowest BCUT2D eigenvalue weighted by Gasteiger charge is -2.36. The van der Waals surface area contributed by atoms with E-state index < -0.39 is 0 Å². The van der Waals surface area contributed by atoms with Crippen molar-refractivity contribution in [3.63, 3.8) is 0 Å². The summed E-state index contributed by atoms with van der Waals surface area (Å²) < 4.78 is 2.16. The lowest BCUT2D eigenvalue weighted by Crippen LogP contribution is -2.53. The Morgan fingerprint density at radius 3 is 3.06 bits per heavy atom. The second-order valence-electron chi connectivity index (χ2n) is 5.40. The molecule has 1 aromatic rings. The maximum atomic E-state index is 4.07. The van der Waals surface area contributed by atoms with Crippen molar-refractivity contribution in [3.8, 4) is 0 Å². The highest BCUT2D eigenvalue weighted by molar-refractivity contribution is 4.82. The quantitative estimate of drug-likeness (QED) is 0.832. The molecule has 2 heterocycles. The van der Waals surface area contributed by atoms with Crippen LogP contribution in [0, 0.1) is 5.92 Å². The molecule has 2 atom stereocenters. The van der Waals surface area contributed by atoms with E-state index in [1.807, 2.05) is 18.7 Å². The molecule has 4 nitrogen and oxygen atoms in total. The Hall–Kier alpha value is -0.870. The van der Waals surface area contributed by atoms with Gasteiger partial charge in [0.15, 0.2) is 0 Å². The zero-order valence-electron chi connectivity index (χ0n) is 11.7. The summed E-state index contributed by atoms with van der Waals surface area (Å²) >= 11 is 0. The Bertz CT molecular complexity index is 323. The summed E-state index contributed by atoms with van der Waals surface area (Å²) in [5.41, 5.74) is 0. The molecule has 1 saturated heterocycles. The van der Waals surface area contributed by atoms with Gasteiger partial charge in [-0.3, -0.25) is 0 Å². The average Bonchev–Trinajstić information content (AvgIpc) is 2.91. The molecular formula is C14H26N4. The van der Waals surface area contributed by atoms with E-state index in [0.717, 1.165) is 19.0 Å². The lowest BCUT2D eigenvalue weighted by molar-refractivity contribution is 0.165. The molecule has 102 valence electrons. The van der Waals surface area contributed by atoms with Crippen LogP contribution in [0.25, 0.3) is 0 Å². The number of aryl methyl sites for hydroxylation is 1. The second-order valence-corrected chi connectivity index (χ2v) is 5.40. The predicted octanol–water partition coefficient (Wildman–Crippen LogP) is 1.59. The van der Waals surface area contributed by atoms with Crippen molar-refractivity contribution in [3.05, 3.63) is 18.7 Å². The van der Waals surface area contributed by atoms with E-state index in [1.54, 1.807) is 0 Å². The first-order valence-electron chi connectivity index (χ1n) is 7.21. The second kappa shape index (κ2) is 6.90. The first-order chi connectivity index (χ1) is 8.79. The third kappa shape index (κ3) is 3.82. The molecule has 0 aromatic carbocycles. The molecule has 1 aromatic heterocycles. The molecule has 0 saturated carbocycles. The normalized spacial score (nSPS) is 23.1. The van der Waals surface area contributed by atoms with E-state index in [-0.39, 0.29) is 0 Å². The van der Waals surface area contributed by atoms with Crippen molar-refractivity contribution in [2.45, 2.75) is 39.3 Å². The van der Waals surface area contributed by atoms with Crippen molar-refractivity contribution in [1.82, 2.24) is 19.8 Å². The Balaban J connectivity index is 1.69. The molecule has 0 bridgehead atoms. The van der Waals surface area contributed by atoms with Gasteiger partial charge in [0.1, 0.15) is 0 Å². The van der Waals surface area contributed by atoms with Gasteiger partial charge >= 0.3 is 0 Å². The number of imidazole rings is 1. The molecule has 0 spiro atoms. The standard InChI is InChI=1S/C14H26N4/c1-3-13(2)14-11-17(10-6-16-14)7-4-8-18-9-5-15-12-18/h5,9,12-14,16H,3-4,6-8,10-11H2,1-2H3. The smallest absolute Gasteiger partial charge is 0.0945 e. The summed E-state index contributed by atoms with van der Waals surface area (Å²) in [6, 6.07) is 0.678. The molecular weight excluding hydrogens is 224 g/mol. The summed E-state index contributed by atoms with van der Waals surface area (Å²) in [6.07, 6.45) is 8.27. The number of piperazine rings is 1. The van der Waals surface area contributed by atoms with Gasteiger partial charge in [-0.1, -0.05) is 20.3 Å². The van der Waals surface area contributed by atoms with Gasteiger partial charge in [0.2, 0.25) is 0 Å². The molecule has 1 N–H and O–H groups in total. The van der Waals surface area contributed by atoms with Gasteiger partial charge < -0.3 is 14.8 Å². The number of hydrogen-bond donors (Lipinski definition) is 1. The number of aromatic nitrogens is 2. The Morgan fingerprint density at radius 2 is 2.33 bits per heavy atom. The highest BCUT2D eigenvalue weighted by Crippen LogP contribution is 2.12. The molecule has 0 aliphatic carbocycles. The van der Waals surface area contributed by atoms with Gasteiger partial charge in [0.05, 0.1) is 6.33 Å². The van der Waals surface area contributed by atoms with Crippen molar-refractivity contribution >= 4 is 0 Å². The van der Waals surface area contributed by atoms with Gasteiger partial charge in [0.25, 0.3) is 0 Å². The summed E-state index contributed by atoms with van der Waals surface area (Å²) in [7, 11) is 0. The number of hydrogen-bond acceptors (Lipinski definition) is 3. The van der Waals surface area contributed by atoms with E-state index in [2.05, 4.69) is 33.6 Å². The van der Waals surface area contributed by atoms with Crippen LogP contribution in [0.1, 0.15) is 26.7 Å². The molecule has 0 amide bonds. The molecule has 2 rings (SSSR count). The Morgan fingerprint density at radius 1 is 1.44 bits per heavy atom. The molecule has 1 fully saturated rings. The number of rotatable bonds is 6. The maximum Gasteiger partial charge on any atom is 0.0945 e. The summed E-state index contributed by atoms with van der Waals surface area (Å²) in [4.78, 5) is 6.67. The fourth-order valence-corrected chi connectivity index (χ4v) is 2.61. The van der Waals surface area contributed by atoms with Gasteiger partial charge in [-0.05, 0) is 18.9 Å². The van der Waals surface area contributed by atoms with Crippen LogP contribution in [0.4, 0.5) is 0 Å². The maximum absolute atomic E-state index is 4.07. The minimum atomic E-state index is 0.678. The van der Waals surface area contributed by atoms with E-state index in [9.17, 15) is 0 Å². The summed E-state index contributed by atoms with van der Waals surface area (Å²) in [5, 5.41) is 3.65. The molecule has 1 aliphatic rings. The van der Waals surface area contributed by atoms with Crippen molar-refractivity contribution in [1.29, 1.82) is 0 Å². The van der Waals surface area contributed by atoms with Crippen LogP contribution in [0.5, 0.6) is 0 Å². The van der Waals surface area contributed by atoms with Gasteiger partial charge in [0, 0.05) is 44.6 Å². The zero-order valence-corrected chi connectivity index (χ0v) is 11.7. The fraction of sp³-hybridized carbons (Fsp3) is 0.786. The Kier molecular flexibility index (Phi) is 5.20. The van der Waals surface area contributed by atoms with Crippen LogP contribution in [0.2, 0.25) is 0 Å². The lowest BCUT2D eigenvalue weighted by atomic mass is 9.97. The Labute approximate surface area is 110 Å². The van der Waals surface area contributed by atoms with E-state index in [0.29, 0.717) is 6.04 Å². The van der Waals surface area contributed by atoms with Crippen LogP contribution >= 0.6 is 0 Å². The number of nitrogens with one attached hydrogen (secondary N) is 1. The summed E-state index contributed by atoms with van der Waals surface area (Å²) in [6.45, 7) is 10.5. The van der Waals surface area contributed by atoms with Crippen LogP contribution in [0.3, 0.4) is 0 Å². The minimum absolute atomic E-state index is 0.678. The molecule has 1 aliphatic heterocycles. The molecule has 2 unspecified atom stereocenters. The monoisotopic (exact) mass is 250 g/mol. The first-order valence-corrected chi connectivity index (χ1v) is 7.21. The minimum Gasteiger partial charge on any atom is -0.337 e. The highest BCUT2D eigenvalue weighted by Gasteiger charge is 2.22. The van der Waals surface area contributed by atoms with Crippen molar-refractivity contribution in [2.24, 2.45) is 5.92 Å². The average molecular weight is 250 g/mol. The van der Waals surface area contributed by atoms with Gasteiger partial charge in [-0.2, -0.15) is 0 Å². The van der Waals surface area contributed by atoms with E-state index in [1.165, 1.54) is 32.5 Å². The largest absolute Gasteiger partial charge is 0.337 e. The zero-order chi connectivity index (χ0) is 12.8. The van der Waals surface area contributed by atoms with Gasteiger partial charge in [-0.25, -0.2) is 4.98 Å². The van der Waals surface area contributed by atoms with Crippen molar-refractivity contribution in [2.75, 3.05) is 26.2 Å². The SMILES string of the molecule is CCC(C)C1CN(CCCn2ccnc2)CCN1.